The molecule has 6 rings (SSSR count). The molecule has 34 heavy (non-hydrogen) atoms. The van der Waals surface area contributed by atoms with E-state index in [0.29, 0.717) is 18.5 Å². The van der Waals surface area contributed by atoms with Crippen molar-refractivity contribution >= 4 is 23.5 Å². The fourth-order valence-electron chi connectivity index (χ4n) is 5.35. The number of anilines is 1. The molecule has 3 heterocycles. The highest BCUT2D eigenvalue weighted by Gasteiger charge is 2.55. The smallest absolute Gasteiger partial charge is 0.325 e. The number of hydrogen-bond acceptors (Lipinski definition) is 4. The zero-order valence-electron chi connectivity index (χ0n) is 18.7. The predicted molar refractivity (Wildman–Crippen MR) is 126 cm³/mol. The molecule has 1 aliphatic carbocycles. The van der Waals surface area contributed by atoms with E-state index in [0.717, 1.165) is 46.1 Å². The van der Waals surface area contributed by atoms with E-state index in [1.807, 2.05) is 48.5 Å². The first-order valence-corrected chi connectivity index (χ1v) is 11.7. The number of rotatable bonds is 4. The molecule has 2 aromatic carbocycles. The molecule has 8 nitrogen and oxygen atoms in total. The van der Waals surface area contributed by atoms with E-state index >= 15 is 0 Å². The molecule has 1 saturated heterocycles. The number of imide groups is 1. The Morgan fingerprint density at radius 3 is 2.71 bits per heavy atom. The number of nitrogens with zero attached hydrogens (tertiary/aromatic N) is 3. The first-order valence-electron chi connectivity index (χ1n) is 11.7. The summed E-state index contributed by atoms with van der Waals surface area (Å²) < 4.78 is 2.21. The lowest BCUT2D eigenvalue weighted by molar-refractivity contribution is -0.134. The summed E-state index contributed by atoms with van der Waals surface area (Å²) in [5.74, 6) is 0.337. The Bertz CT molecular complexity index is 1290. The fraction of sp³-hybridized carbons (Fsp3) is 0.308. The van der Waals surface area contributed by atoms with Crippen LogP contribution < -0.4 is 10.6 Å². The number of carbonyl (C=O) groups excluding carboxylic acids is 3. The minimum absolute atomic E-state index is 0.329. The number of hydrogen-bond donors (Lipinski definition) is 2. The van der Waals surface area contributed by atoms with Gasteiger partial charge in [-0.3, -0.25) is 14.5 Å². The van der Waals surface area contributed by atoms with Crippen LogP contribution in [0.15, 0.2) is 54.7 Å². The molecule has 2 aliphatic heterocycles. The van der Waals surface area contributed by atoms with Crippen molar-refractivity contribution in [2.75, 3.05) is 11.9 Å². The molecule has 0 saturated carbocycles. The molecule has 2 N–H and O–H groups in total. The van der Waals surface area contributed by atoms with E-state index in [4.69, 9.17) is 4.98 Å². The van der Waals surface area contributed by atoms with Crippen molar-refractivity contribution in [2.24, 2.45) is 0 Å². The number of amides is 4. The molecule has 3 aromatic rings. The summed E-state index contributed by atoms with van der Waals surface area (Å²) in [5.41, 5.74) is 3.34. The SMILES string of the molecule is O=C(CN1C(=O)NC2(CCc3ccccc32)C1=O)Nc1ccc(-c2cn3c(n2)CCCC3)cc1. The average molecular weight is 456 g/mol. The van der Waals surface area contributed by atoms with Gasteiger partial charge in [-0.1, -0.05) is 36.4 Å². The predicted octanol–water partition coefficient (Wildman–Crippen LogP) is 3.22. The minimum Gasteiger partial charge on any atom is -0.334 e. The van der Waals surface area contributed by atoms with E-state index < -0.39 is 17.5 Å². The second-order valence-corrected chi connectivity index (χ2v) is 9.20. The maximum atomic E-state index is 13.2. The van der Waals surface area contributed by atoms with Gasteiger partial charge in [-0.15, -0.1) is 0 Å². The number of imidazole rings is 1. The van der Waals surface area contributed by atoms with E-state index in [1.54, 1.807) is 0 Å². The summed E-state index contributed by atoms with van der Waals surface area (Å²) >= 11 is 0. The van der Waals surface area contributed by atoms with Gasteiger partial charge in [-0.05, 0) is 48.9 Å². The van der Waals surface area contributed by atoms with Crippen LogP contribution in [0.3, 0.4) is 0 Å². The number of aryl methyl sites for hydroxylation is 3. The highest BCUT2D eigenvalue weighted by molar-refractivity contribution is 6.10. The van der Waals surface area contributed by atoms with Crippen LogP contribution >= 0.6 is 0 Å². The third-order valence-corrected chi connectivity index (χ3v) is 7.10. The molecule has 1 aromatic heterocycles. The summed E-state index contributed by atoms with van der Waals surface area (Å²) in [5, 5.41) is 5.65. The molecule has 4 amide bonds. The van der Waals surface area contributed by atoms with Crippen LogP contribution in [-0.2, 0) is 34.5 Å². The van der Waals surface area contributed by atoms with Crippen molar-refractivity contribution in [2.45, 2.75) is 44.2 Å². The zero-order chi connectivity index (χ0) is 23.3. The standard InChI is InChI=1S/C26H25N5O3/c32-23(16-31-24(33)26(29-25(31)34)13-12-17-5-1-2-6-20(17)26)27-19-10-8-18(9-11-19)21-15-30-14-4-3-7-22(30)28-21/h1-2,5-6,8-11,15H,3-4,7,12-14,16H2,(H,27,32)(H,29,34). The molecule has 8 heteroatoms. The molecular formula is C26H25N5O3. The lowest BCUT2D eigenvalue weighted by Crippen LogP contribution is -2.42. The van der Waals surface area contributed by atoms with Crippen molar-refractivity contribution < 1.29 is 14.4 Å². The largest absolute Gasteiger partial charge is 0.334 e. The lowest BCUT2D eigenvalue weighted by Gasteiger charge is -2.22. The Hall–Kier alpha value is -3.94. The number of aromatic nitrogens is 2. The maximum Gasteiger partial charge on any atom is 0.325 e. The Morgan fingerprint density at radius 1 is 1.06 bits per heavy atom. The van der Waals surface area contributed by atoms with Gasteiger partial charge in [0.25, 0.3) is 5.91 Å². The number of urea groups is 1. The van der Waals surface area contributed by atoms with Crippen LogP contribution in [0.25, 0.3) is 11.3 Å². The Labute approximate surface area is 197 Å². The van der Waals surface area contributed by atoms with Crippen LogP contribution in [0, 0.1) is 0 Å². The van der Waals surface area contributed by atoms with Gasteiger partial charge in [0.15, 0.2) is 0 Å². The quantitative estimate of drug-likeness (QED) is 0.591. The van der Waals surface area contributed by atoms with Gasteiger partial charge in [-0.25, -0.2) is 9.78 Å². The van der Waals surface area contributed by atoms with E-state index in [1.165, 1.54) is 12.8 Å². The van der Waals surface area contributed by atoms with E-state index in [2.05, 4.69) is 21.4 Å². The Balaban J connectivity index is 1.13. The summed E-state index contributed by atoms with van der Waals surface area (Å²) in [6.07, 6.45) is 6.66. The Kier molecular flexibility index (Phi) is 4.76. The summed E-state index contributed by atoms with van der Waals surface area (Å²) in [7, 11) is 0. The monoisotopic (exact) mass is 455 g/mol. The second-order valence-electron chi connectivity index (χ2n) is 9.20. The number of benzene rings is 2. The third kappa shape index (κ3) is 3.29. The Morgan fingerprint density at radius 2 is 1.88 bits per heavy atom. The minimum atomic E-state index is -1.06. The van der Waals surface area contributed by atoms with Gasteiger partial charge >= 0.3 is 6.03 Å². The van der Waals surface area contributed by atoms with E-state index in [9.17, 15) is 14.4 Å². The molecule has 0 radical (unpaired) electrons. The highest BCUT2D eigenvalue weighted by Crippen LogP contribution is 2.41. The van der Waals surface area contributed by atoms with Crippen molar-refractivity contribution in [3.63, 3.8) is 0 Å². The fourth-order valence-corrected chi connectivity index (χ4v) is 5.35. The molecule has 1 unspecified atom stereocenters. The van der Waals surface area contributed by atoms with Gasteiger partial charge < -0.3 is 15.2 Å². The highest BCUT2D eigenvalue weighted by atomic mass is 16.2. The zero-order valence-corrected chi connectivity index (χ0v) is 18.7. The molecule has 3 aliphatic rings. The third-order valence-electron chi connectivity index (χ3n) is 7.10. The van der Waals surface area contributed by atoms with Gasteiger partial charge in [0.2, 0.25) is 5.91 Å². The van der Waals surface area contributed by atoms with Crippen molar-refractivity contribution in [3.05, 3.63) is 71.7 Å². The molecule has 172 valence electrons. The van der Waals surface area contributed by atoms with Crippen LogP contribution in [0.5, 0.6) is 0 Å². The van der Waals surface area contributed by atoms with Gasteiger partial charge in [-0.2, -0.15) is 0 Å². The van der Waals surface area contributed by atoms with E-state index in [-0.39, 0.29) is 12.5 Å². The van der Waals surface area contributed by atoms with Crippen molar-refractivity contribution in [1.29, 1.82) is 0 Å². The number of fused-ring (bicyclic) bond motifs is 3. The van der Waals surface area contributed by atoms with Crippen molar-refractivity contribution in [1.82, 2.24) is 19.8 Å². The van der Waals surface area contributed by atoms with Crippen LogP contribution in [-0.4, -0.2) is 38.8 Å². The molecule has 0 bridgehead atoms. The van der Waals surface area contributed by atoms with Gasteiger partial charge in [0.1, 0.15) is 17.9 Å². The van der Waals surface area contributed by atoms with Crippen LogP contribution in [0.2, 0.25) is 0 Å². The molecule has 1 fully saturated rings. The topological polar surface area (TPSA) is 96.3 Å². The molecule has 1 atom stereocenters. The lowest BCUT2D eigenvalue weighted by atomic mass is 9.92. The number of nitrogens with one attached hydrogen (secondary N) is 2. The van der Waals surface area contributed by atoms with Crippen LogP contribution in [0.4, 0.5) is 10.5 Å². The average Bonchev–Trinajstić information content (AvgIpc) is 3.51. The summed E-state index contributed by atoms with van der Waals surface area (Å²) in [4.78, 5) is 44.3. The summed E-state index contributed by atoms with van der Waals surface area (Å²) in [6, 6.07) is 14.6. The van der Waals surface area contributed by atoms with Gasteiger partial charge in [0, 0.05) is 30.4 Å². The first kappa shape index (κ1) is 20.7. The van der Waals surface area contributed by atoms with Crippen LogP contribution in [0.1, 0.15) is 36.2 Å². The normalized spacial score (nSPS) is 20.9. The number of carbonyl (C=O) groups is 3. The summed E-state index contributed by atoms with van der Waals surface area (Å²) in [6.45, 7) is 0.677. The maximum absolute atomic E-state index is 13.2. The molecule has 1 spiro atoms. The van der Waals surface area contributed by atoms with Crippen molar-refractivity contribution in [3.8, 4) is 11.3 Å². The van der Waals surface area contributed by atoms with Gasteiger partial charge in [0.05, 0.1) is 5.69 Å². The first-order chi connectivity index (χ1) is 16.5. The second kappa shape index (κ2) is 7.83. The molecular weight excluding hydrogens is 430 g/mol.